The van der Waals surface area contributed by atoms with Crippen LogP contribution in [0.15, 0.2) is 65.1 Å². The first kappa shape index (κ1) is 15.2. The Labute approximate surface area is 135 Å². The standard InChI is InChI=1S/C19H19NO3/c1-20(14-17-13-15-7-5-6-10-18(15)23-17)19(21)11-12-22-16-8-3-2-4-9-16/h2-10,13H,11-12,14H2,1H3. The first-order valence-electron chi connectivity index (χ1n) is 7.61. The van der Waals surface area contributed by atoms with E-state index in [2.05, 4.69) is 0 Å². The molecule has 1 aromatic heterocycles. The molecular weight excluding hydrogens is 290 g/mol. The monoisotopic (exact) mass is 309 g/mol. The lowest BCUT2D eigenvalue weighted by atomic mass is 10.2. The van der Waals surface area contributed by atoms with Crippen LogP contribution in [0.3, 0.4) is 0 Å². The molecule has 0 spiro atoms. The maximum absolute atomic E-state index is 12.2. The largest absolute Gasteiger partial charge is 0.493 e. The second kappa shape index (κ2) is 7.01. The van der Waals surface area contributed by atoms with Crippen molar-refractivity contribution in [2.75, 3.05) is 13.7 Å². The van der Waals surface area contributed by atoms with Crippen molar-refractivity contribution in [2.24, 2.45) is 0 Å². The number of fused-ring (bicyclic) bond motifs is 1. The summed E-state index contributed by atoms with van der Waals surface area (Å²) in [6.45, 7) is 0.826. The summed E-state index contributed by atoms with van der Waals surface area (Å²) in [7, 11) is 1.78. The Kier molecular flexibility index (Phi) is 4.62. The molecule has 0 aliphatic carbocycles. The van der Waals surface area contributed by atoms with Gasteiger partial charge in [0.2, 0.25) is 5.91 Å². The molecule has 0 unspecified atom stereocenters. The Morgan fingerprint density at radius 3 is 2.61 bits per heavy atom. The number of hydrogen-bond donors (Lipinski definition) is 0. The number of para-hydroxylation sites is 2. The highest BCUT2D eigenvalue weighted by Crippen LogP contribution is 2.19. The molecule has 1 heterocycles. The van der Waals surface area contributed by atoms with E-state index in [1.54, 1.807) is 11.9 Å². The predicted octanol–water partition coefficient (Wildman–Crippen LogP) is 3.86. The fraction of sp³-hybridized carbons (Fsp3) is 0.211. The Bertz CT molecular complexity index is 746. The summed E-state index contributed by atoms with van der Waals surface area (Å²) >= 11 is 0. The predicted molar refractivity (Wildman–Crippen MR) is 89.2 cm³/mol. The first-order valence-corrected chi connectivity index (χ1v) is 7.61. The normalized spacial score (nSPS) is 10.7. The minimum absolute atomic E-state index is 0.0291. The molecule has 0 aliphatic heterocycles. The zero-order valence-corrected chi connectivity index (χ0v) is 13.1. The van der Waals surface area contributed by atoms with E-state index in [4.69, 9.17) is 9.15 Å². The lowest BCUT2D eigenvalue weighted by Crippen LogP contribution is -2.27. The summed E-state index contributed by atoms with van der Waals surface area (Å²) in [6.07, 6.45) is 0.339. The molecule has 0 atom stereocenters. The van der Waals surface area contributed by atoms with Gasteiger partial charge in [-0.1, -0.05) is 36.4 Å². The molecule has 0 saturated carbocycles. The Balaban J connectivity index is 1.51. The SMILES string of the molecule is CN(Cc1cc2ccccc2o1)C(=O)CCOc1ccccc1. The third kappa shape index (κ3) is 3.92. The molecular formula is C19H19NO3. The van der Waals surface area contributed by atoms with E-state index >= 15 is 0 Å². The van der Waals surface area contributed by atoms with E-state index in [0.29, 0.717) is 19.6 Å². The van der Waals surface area contributed by atoms with Crippen LogP contribution in [0.1, 0.15) is 12.2 Å². The zero-order chi connectivity index (χ0) is 16.1. The molecule has 4 nitrogen and oxygen atoms in total. The topological polar surface area (TPSA) is 42.7 Å². The number of carbonyl (C=O) groups excluding carboxylic acids is 1. The second-order valence-corrected chi connectivity index (χ2v) is 5.41. The number of furan rings is 1. The number of rotatable bonds is 6. The summed E-state index contributed by atoms with van der Waals surface area (Å²) < 4.78 is 11.3. The summed E-state index contributed by atoms with van der Waals surface area (Å²) in [5.74, 6) is 1.59. The van der Waals surface area contributed by atoms with Crippen LogP contribution in [0, 0.1) is 0 Å². The third-order valence-electron chi connectivity index (χ3n) is 3.62. The Hall–Kier alpha value is -2.75. The van der Waals surface area contributed by atoms with Crippen LogP contribution in [0.5, 0.6) is 5.75 Å². The molecule has 3 aromatic rings. The van der Waals surface area contributed by atoms with Gasteiger partial charge in [0, 0.05) is 12.4 Å². The molecule has 2 aromatic carbocycles. The van der Waals surface area contributed by atoms with Crippen LogP contribution in [-0.4, -0.2) is 24.5 Å². The minimum atomic E-state index is 0.0291. The fourth-order valence-corrected chi connectivity index (χ4v) is 2.40. The van der Waals surface area contributed by atoms with Gasteiger partial charge in [-0.05, 0) is 24.3 Å². The molecule has 0 aliphatic rings. The lowest BCUT2D eigenvalue weighted by molar-refractivity contribution is -0.131. The van der Waals surface area contributed by atoms with Gasteiger partial charge in [-0.25, -0.2) is 0 Å². The molecule has 0 bridgehead atoms. The average Bonchev–Trinajstić information content (AvgIpc) is 2.98. The van der Waals surface area contributed by atoms with E-state index in [-0.39, 0.29) is 5.91 Å². The molecule has 0 saturated heterocycles. The molecule has 23 heavy (non-hydrogen) atoms. The smallest absolute Gasteiger partial charge is 0.226 e. The third-order valence-corrected chi connectivity index (χ3v) is 3.62. The Morgan fingerprint density at radius 2 is 1.83 bits per heavy atom. The fourth-order valence-electron chi connectivity index (χ4n) is 2.40. The van der Waals surface area contributed by atoms with Gasteiger partial charge in [0.25, 0.3) is 0 Å². The summed E-state index contributed by atoms with van der Waals surface area (Å²) in [5.41, 5.74) is 0.843. The highest BCUT2D eigenvalue weighted by atomic mass is 16.5. The van der Waals surface area contributed by atoms with Crippen molar-refractivity contribution in [3.8, 4) is 5.75 Å². The van der Waals surface area contributed by atoms with Gasteiger partial charge in [0.15, 0.2) is 0 Å². The van der Waals surface area contributed by atoms with Crippen LogP contribution in [0.25, 0.3) is 11.0 Å². The maximum atomic E-state index is 12.2. The summed E-state index contributed by atoms with van der Waals surface area (Å²) in [6, 6.07) is 19.3. The number of carbonyl (C=O) groups is 1. The van der Waals surface area contributed by atoms with Gasteiger partial charge < -0.3 is 14.1 Å². The molecule has 1 amide bonds. The van der Waals surface area contributed by atoms with Crippen molar-refractivity contribution in [3.63, 3.8) is 0 Å². The number of nitrogens with zero attached hydrogens (tertiary/aromatic N) is 1. The highest BCUT2D eigenvalue weighted by molar-refractivity contribution is 5.78. The van der Waals surface area contributed by atoms with Crippen molar-refractivity contribution in [3.05, 3.63) is 66.4 Å². The zero-order valence-electron chi connectivity index (χ0n) is 13.1. The van der Waals surface area contributed by atoms with Crippen molar-refractivity contribution in [1.29, 1.82) is 0 Å². The maximum Gasteiger partial charge on any atom is 0.226 e. The van der Waals surface area contributed by atoms with Crippen molar-refractivity contribution in [1.82, 2.24) is 4.90 Å². The molecule has 4 heteroatoms. The average molecular weight is 309 g/mol. The van der Waals surface area contributed by atoms with Gasteiger partial charge in [-0.2, -0.15) is 0 Å². The number of amides is 1. The van der Waals surface area contributed by atoms with Gasteiger partial charge in [0.05, 0.1) is 19.6 Å². The van der Waals surface area contributed by atoms with Gasteiger partial charge in [-0.15, -0.1) is 0 Å². The molecule has 3 rings (SSSR count). The Morgan fingerprint density at radius 1 is 1.09 bits per heavy atom. The van der Waals surface area contributed by atoms with E-state index in [9.17, 15) is 4.79 Å². The van der Waals surface area contributed by atoms with Crippen LogP contribution >= 0.6 is 0 Å². The van der Waals surface area contributed by atoms with Crippen molar-refractivity contribution in [2.45, 2.75) is 13.0 Å². The number of benzene rings is 2. The number of ether oxygens (including phenoxy) is 1. The molecule has 0 N–H and O–H groups in total. The van der Waals surface area contributed by atoms with E-state index in [1.807, 2.05) is 60.7 Å². The van der Waals surface area contributed by atoms with E-state index < -0.39 is 0 Å². The summed E-state index contributed by atoms with van der Waals surface area (Å²) in [4.78, 5) is 13.8. The minimum Gasteiger partial charge on any atom is -0.493 e. The molecule has 118 valence electrons. The first-order chi connectivity index (χ1) is 11.2. The van der Waals surface area contributed by atoms with Crippen molar-refractivity contribution >= 4 is 16.9 Å². The quantitative estimate of drug-likeness (QED) is 0.694. The molecule has 0 fully saturated rings. The van der Waals surface area contributed by atoms with Crippen LogP contribution in [-0.2, 0) is 11.3 Å². The van der Waals surface area contributed by atoms with Crippen LogP contribution in [0.4, 0.5) is 0 Å². The highest BCUT2D eigenvalue weighted by Gasteiger charge is 2.12. The second-order valence-electron chi connectivity index (χ2n) is 5.41. The van der Waals surface area contributed by atoms with Crippen LogP contribution in [0.2, 0.25) is 0 Å². The number of hydrogen-bond acceptors (Lipinski definition) is 3. The van der Waals surface area contributed by atoms with E-state index in [1.165, 1.54) is 0 Å². The summed E-state index contributed by atoms with van der Waals surface area (Å²) in [5, 5.41) is 1.05. The van der Waals surface area contributed by atoms with Crippen molar-refractivity contribution < 1.29 is 13.9 Å². The van der Waals surface area contributed by atoms with Gasteiger partial charge >= 0.3 is 0 Å². The van der Waals surface area contributed by atoms with Gasteiger partial charge in [0.1, 0.15) is 17.1 Å². The van der Waals surface area contributed by atoms with E-state index in [0.717, 1.165) is 22.5 Å². The lowest BCUT2D eigenvalue weighted by Gasteiger charge is -2.15. The molecule has 0 radical (unpaired) electrons. The van der Waals surface area contributed by atoms with Crippen LogP contribution < -0.4 is 4.74 Å². The van der Waals surface area contributed by atoms with Gasteiger partial charge in [-0.3, -0.25) is 4.79 Å².